The van der Waals surface area contributed by atoms with E-state index < -0.39 is 11.5 Å². The fraction of sp³-hybridized carbons (Fsp3) is 0.471. The highest BCUT2D eigenvalue weighted by molar-refractivity contribution is 8.00. The first-order valence-corrected chi connectivity index (χ1v) is 8.39. The molecule has 1 aliphatic rings. The van der Waals surface area contributed by atoms with Crippen molar-refractivity contribution in [3.05, 3.63) is 43.0 Å². The minimum atomic E-state index is -0.547. The maximum absolute atomic E-state index is 12.5. The van der Waals surface area contributed by atoms with Gasteiger partial charge in [0.2, 0.25) is 5.91 Å². The van der Waals surface area contributed by atoms with Crippen molar-refractivity contribution in [3.63, 3.8) is 0 Å². The van der Waals surface area contributed by atoms with Gasteiger partial charge in [0, 0.05) is 11.4 Å². The maximum Gasteiger partial charge on any atom is 0.238 e. The van der Waals surface area contributed by atoms with Crippen LogP contribution in [-0.2, 0) is 14.3 Å². The zero-order chi connectivity index (χ0) is 15.9. The SMILES string of the molecule is C=CCNC(=O)C(Sc1ccccc1)C1O[C@H](C)C[C@@H](C)O1. The second-order valence-electron chi connectivity index (χ2n) is 5.38. The summed E-state index contributed by atoms with van der Waals surface area (Å²) in [5.74, 6) is -0.0972. The molecule has 22 heavy (non-hydrogen) atoms. The molecule has 1 saturated heterocycles. The Balaban J connectivity index is 2.13. The number of nitrogens with one attached hydrogen (secondary N) is 1. The van der Waals surface area contributed by atoms with E-state index in [1.807, 2.05) is 44.2 Å². The van der Waals surface area contributed by atoms with Crippen molar-refractivity contribution in [2.75, 3.05) is 6.54 Å². The van der Waals surface area contributed by atoms with Crippen molar-refractivity contribution in [3.8, 4) is 0 Å². The van der Waals surface area contributed by atoms with E-state index in [9.17, 15) is 4.79 Å². The van der Waals surface area contributed by atoms with Crippen molar-refractivity contribution in [1.29, 1.82) is 0 Å². The molecular weight excluding hydrogens is 298 g/mol. The summed E-state index contributed by atoms with van der Waals surface area (Å²) in [5.41, 5.74) is 0. The van der Waals surface area contributed by atoms with Gasteiger partial charge in [0.05, 0.1) is 12.2 Å². The van der Waals surface area contributed by atoms with Crippen LogP contribution in [0.5, 0.6) is 0 Å². The van der Waals surface area contributed by atoms with Gasteiger partial charge in [-0.25, -0.2) is 0 Å². The van der Waals surface area contributed by atoms with Crippen LogP contribution in [0.15, 0.2) is 47.9 Å². The summed E-state index contributed by atoms with van der Waals surface area (Å²) in [4.78, 5) is 13.5. The van der Waals surface area contributed by atoms with Crippen LogP contribution < -0.4 is 5.32 Å². The lowest BCUT2D eigenvalue weighted by Gasteiger charge is -2.36. The third kappa shape index (κ3) is 4.87. The lowest BCUT2D eigenvalue weighted by molar-refractivity contribution is -0.232. The summed E-state index contributed by atoms with van der Waals surface area (Å²) in [6, 6.07) is 9.82. The van der Waals surface area contributed by atoms with Gasteiger partial charge in [0.1, 0.15) is 5.25 Å². The zero-order valence-electron chi connectivity index (χ0n) is 13.0. The Hall–Kier alpha value is -1.30. The van der Waals surface area contributed by atoms with Crippen LogP contribution >= 0.6 is 11.8 Å². The number of hydrogen-bond donors (Lipinski definition) is 1. The minimum absolute atomic E-state index is 0.0832. The molecule has 1 aliphatic heterocycles. The molecule has 1 amide bonds. The minimum Gasteiger partial charge on any atom is -0.351 e. The molecular formula is C17H23NO3S. The Morgan fingerprint density at radius 1 is 1.36 bits per heavy atom. The van der Waals surface area contributed by atoms with Gasteiger partial charge in [0.15, 0.2) is 6.29 Å². The highest BCUT2D eigenvalue weighted by Crippen LogP contribution is 2.31. The molecule has 1 aromatic carbocycles. The van der Waals surface area contributed by atoms with Crippen LogP contribution in [0.2, 0.25) is 0 Å². The van der Waals surface area contributed by atoms with E-state index in [-0.39, 0.29) is 18.1 Å². The molecule has 0 bridgehead atoms. The second-order valence-corrected chi connectivity index (χ2v) is 6.60. The van der Waals surface area contributed by atoms with Crippen molar-refractivity contribution in [1.82, 2.24) is 5.32 Å². The summed E-state index contributed by atoms with van der Waals surface area (Å²) < 4.78 is 11.7. The normalized spacial score (nSPS) is 26.2. The van der Waals surface area contributed by atoms with Crippen molar-refractivity contribution in [2.24, 2.45) is 0 Å². The van der Waals surface area contributed by atoms with Crippen molar-refractivity contribution >= 4 is 17.7 Å². The molecule has 0 radical (unpaired) electrons. The Morgan fingerprint density at radius 3 is 2.59 bits per heavy atom. The maximum atomic E-state index is 12.5. The average molecular weight is 321 g/mol. The van der Waals surface area contributed by atoms with Crippen LogP contribution in [0.3, 0.4) is 0 Å². The molecule has 5 heteroatoms. The smallest absolute Gasteiger partial charge is 0.238 e. The average Bonchev–Trinajstić information content (AvgIpc) is 2.50. The molecule has 3 atom stereocenters. The first-order valence-electron chi connectivity index (χ1n) is 7.51. The van der Waals surface area contributed by atoms with E-state index in [4.69, 9.17) is 9.47 Å². The quantitative estimate of drug-likeness (QED) is 0.646. The molecule has 2 rings (SSSR count). The van der Waals surface area contributed by atoms with E-state index in [1.54, 1.807) is 6.08 Å². The summed E-state index contributed by atoms with van der Waals surface area (Å²) in [6.07, 6.45) is 2.12. The summed E-state index contributed by atoms with van der Waals surface area (Å²) in [7, 11) is 0. The van der Waals surface area contributed by atoms with Gasteiger partial charge in [0.25, 0.3) is 0 Å². The number of hydrogen-bond acceptors (Lipinski definition) is 4. The van der Waals surface area contributed by atoms with Crippen LogP contribution in [0.25, 0.3) is 0 Å². The number of ether oxygens (including phenoxy) is 2. The number of amides is 1. The number of carbonyl (C=O) groups is 1. The number of benzene rings is 1. The van der Waals surface area contributed by atoms with E-state index >= 15 is 0 Å². The first-order chi connectivity index (χ1) is 10.6. The Kier molecular flexibility index (Phi) is 6.49. The van der Waals surface area contributed by atoms with Gasteiger partial charge in [-0.2, -0.15) is 0 Å². The van der Waals surface area contributed by atoms with E-state index in [2.05, 4.69) is 11.9 Å². The fourth-order valence-corrected chi connectivity index (χ4v) is 3.40. The third-order valence-electron chi connectivity index (χ3n) is 3.33. The highest BCUT2D eigenvalue weighted by atomic mass is 32.2. The third-order valence-corrected chi connectivity index (χ3v) is 4.56. The second kappa shape index (κ2) is 8.36. The Bertz CT molecular complexity index is 484. The number of carbonyl (C=O) groups excluding carboxylic acids is 1. The molecule has 1 heterocycles. The zero-order valence-corrected chi connectivity index (χ0v) is 13.8. The topological polar surface area (TPSA) is 47.6 Å². The van der Waals surface area contributed by atoms with Crippen LogP contribution in [0.1, 0.15) is 20.3 Å². The van der Waals surface area contributed by atoms with Crippen molar-refractivity contribution in [2.45, 2.75) is 48.9 Å². The lowest BCUT2D eigenvalue weighted by atomic mass is 10.1. The Morgan fingerprint density at radius 2 is 2.00 bits per heavy atom. The van der Waals surface area contributed by atoms with Crippen LogP contribution in [0, 0.1) is 0 Å². The first kappa shape index (κ1) is 17.1. The molecule has 0 aromatic heterocycles. The van der Waals surface area contributed by atoms with E-state index in [1.165, 1.54) is 11.8 Å². The monoisotopic (exact) mass is 321 g/mol. The summed E-state index contributed by atoms with van der Waals surface area (Å²) in [6.45, 7) is 8.09. The molecule has 1 N–H and O–H groups in total. The highest BCUT2D eigenvalue weighted by Gasteiger charge is 2.36. The molecule has 120 valence electrons. The van der Waals surface area contributed by atoms with Gasteiger partial charge < -0.3 is 14.8 Å². The number of rotatable bonds is 6. The molecule has 1 unspecified atom stereocenters. The van der Waals surface area contributed by atoms with Crippen molar-refractivity contribution < 1.29 is 14.3 Å². The largest absolute Gasteiger partial charge is 0.351 e. The fourth-order valence-electron chi connectivity index (χ4n) is 2.36. The summed E-state index contributed by atoms with van der Waals surface area (Å²) in [5, 5.41) is 2.39. The summed E-state index contributed by atoms with van der Waals surface area (Å²) >= 11 is 1.46. The van der Waals surface area contributed by atoms with Gasteiger partial charge >= 0.3 is 0 Å². The standard InChI is InChI=1S/C17H23NO3S/c1-4-10-18-16(19)15(22-14-8-6-5-7-9-14)17-20-12(2)11-13(3)21-17/h4-9,12-13,15,17H,1,10-11H2,2-3H3,(H,18,19)/t12-,13-,15?/m1/s1. The van der Waals surface area contributed by atoms with Crippen LogP contribution in [-0.4, -0.2) is 36.2 Å². The van der Waals surface area contributed by atoms with E-state index in [0.29, 0.717) is 6.54 Å². The lowest BCUT2D eigenvalue weighted by Crippen LogP contribution is -2.48. The van der Waals surface area contributed by atoms with Gasteiger partial charge in [-0.15, -0.1) is 18.3 Å². The molecule has 1 fully saturated rings. The van der Waals surface area contributed by atoms with Gasteiger partial charge in [-0.3, -0.25) is 4.79 Å². The molecule has 0 aliphatic carbocycles. The van der Waals surface area contributed by atoms with Gasteiger partial charge in [-0.05, 0) is 32.4 Å². The van der Waals surface area contributed by atoms with Gasteiger partial charge in [-0.1, -0.05) is 24.3 Å². The molecule has 0 saturated carbocycles. The predicted molar refractivity (Wildman–Crippen MR) is 88.8 cm³/mol. The molecule has 4 nitrogen and oxygen atoms in total. The van der Waals surface area contributed by atoms with E-state index in [0.717, 1.165) is 11.3 Å². The predicted octanol–water partition coefficient (Wildman–Crippen LogP) is 2.99. The Labute approximate surface area is 136 Å². The molecule has 1 aromatic rings. The number of thioether (sulfide) groups is 1. The molecule has 0 spiro atoms. The van der Waals surface area contributed by atoms with Crippen LogP contribution in [0.4, 0.5) is 0 Å².